The van der Waals surface area contributed by atoms with Crippen molar-refractivity contribution in [1.82, 2.24) is 0 Å². The van der Waals surface area contributed by atoms with E-state index in [0.29, 0.717) is 0 Å². The zero-order valence-corrected chi connectivity index (χ0v) is 10.1. The zero-order valence-electron chi connectivity index (χ0n) is 10.1. The highest BCUT2D eigenvalue weighted by molar-refractivity contribution is 5.87. The van der Waals surface area contributed by atoms with Gasteiger partial charge in [0.05, 0.1) is 0 Å². The van der Waals surface area contributed by atoms with Gasteiger partial charge in [0.2, 0.25) is 0 Å². The minimum absolute atomic E-state index is 0.744. The fourth-order valence-corrected chi connectivity index (χ4v) is 1.90. The first-order valence-corrected chi connectivity index (χ1v) is 5.51. The van der Waals surface area contributed by atoms with Gasteiger partial charge in [-0.25, -0.2) is 0 Å². The molecule has 88 valence electrons. The Morgan fingerprint density at radius 3 is 2.24 bits per heavy atom. The summed E-state index contributed by atoms with van der Waals surface area (Å²) in [4.78, 5) is 2.06. The van der Waals surface area contributed by atoms with E-state index in [1.807, 2.05) is 56.6 Å². The minimum atomic E-state index is 0.744. The lowest BCUT2D eigenvalue weighted by atomic mass is 10.0. The maximum absolute atomic E-state index is 6.01. The van der Waals surface area contributed by atoms with E-state index in [9.17, 15) is 0 Å². The number of rotatable bonds is 2. The topological polar surface area (TPSA) is 55.3 Å². The Kier molecular flexibility index (Phi) is 2.91. The Morgan fingerprint density at radius 2 is 1.59 bits per heavy atom. The van der Waals surface area contributed by atoms with Crippen LogP contribution >= 0.6 is 0 Å². The lowest BCUT2D eigenvalue weighted by Gasteiger charge is -2.19. The zero-order chi connectivity index (χ0) is 12.4. The average Bonchev–Trinajstić information content (AvgIpc) is 2.29. The second kappa shape index (κ2) is 4.37. The summed E-state index contributed by atoms with van der Waals surface area (Å²) in [6.07, 6.45) is 0. The SMILES string of the molecule is CN(C)c1ccc(N)cc1-c1ccccc1N. The van der Waals surface area contributed by atoms with Crippen LogP contribution in [0.4, 0.5) is 17.1 Å². The molecule has 0 aromatic heterocycles. The maximum Gasteiger partial charge on any atom is 0.0443 e. The monoisotopic (exact) mass is 227 g/mol. The molecule has 0 amide bonds. The smallest absolute Gasteiger partial charge is 0.0443 e. The van der Waals surface area contributed by atoms with Gasteiger partial charge in [0.25, 0.3) is 0 Å². The number of nitrogens with zero attached hydrogens (tertiary/aromatic N) is 1. The Labute approximate surface area is 102 Å². The Morgan fingerprint density at radius 1 is 0.882 bits per heavy atom. The molecule has 0 saturated heterocycles. The summed E-state index contributed by atoms with van der Waals surface area (Å²) in [6.45, 7) is 0. The van der Waals surface area contributed by atoms with Crippen LogP contribution in [0.15, 0.2) is 42.5 Å². The molecule has 0 spiro atoms. The van der Waals surface area contributed by atoms with Crippen molar-refractivity contribution in [2.75, 3.05) is 30.5 Å². The summed E-state index contributed by atoms with van der Waals surface area (Å²) in [5.41, 5.74) is 16.6. The molecule has 3 nitrogen and oxygen atoms in total. The molecule has 0 atom stereocenters. The van der Waals surface area contributed by atoms with Crippen molar-refractivity contribution in [3.8, 4) is 11.1 Å². The van der Waals surface area contributed by atoms with Crippen molar-refractivity contribution in [3.63, 3.8) is 0 Å². The Bertz CT molecular complexity index is 533. The van der Waals surface area contributed by atoms with Gasteiger partial charge in [-0.15, -0.1) is 0 Å². The lowest BCUT2D eigenvalue weighted by Crippen LogP contribution is -2.10. The summed E-state index contributed by atoms with van der Waals surface area (Å²) < 4.78 is 0. The maximum atomic E-state index is 6.01. The minimum Gasteiger partial charge on any atom is -0.399 e. The van der Waals surface area contributed by atoms with E-state index >= 15 is 0 Å². The highest BCUT2D eigenvalue weighted by atomic mass is 15.1. The summed E-state index contributed by atoms with van der Waals surface area (Å²) >= 11 is 0. The molecule has 0 heterocycles. The molecule has 3 heteroatoms. The third-order valence-corrected chi connectivity index (χ3v) is 2.75. The number of nitrogens with two attached hydrogens (primary N) is 2. The van der Waals surface area contributed by atoms with Crippen LogP contribution < -0.4 is 16.4 Å². The van der Waals surface area contributed by atoms with E-state index in [2.05, 4.69) is 4.90 Å². The Balaban J connectivity index is 2.65. The summed E-state index contributed by atoms with van der Waals surface area (Å²) in [5, 5.41) is 0. The first-order chi connectivity index (χ1) is 8.09. The molecular weight excluding hydrogens is 210 g/mol. The number of benzene rings is 2. The van der Waals surface area contributed by atoms with E-state index in [1.165, 1.54) is 0 Å². The van der Waals surface area contributed by atoms with E-state index in [1.54, 1.807) is 0 Å². The third-order valence-electron chi connectivity index (χ3n) is 2.75. The van der Waals surface area contributed by atoms with E-state index in [0.717, 1.165) is 28.2 Å². The lowest BCUT2D eigenvalue weighted by molar-refractivity contribution is 1.13. The molecule has 0 aliphatic heterocycles. The number of hydrogen-bond acceptors (Lipinski definition) is 3. The fourth-order valence-electron chi connectivity index (χ4n) is 1.90. The van der Waals surface area contributed by atoms with Crippen molar-refractivity contribution in [1.29, 1.82) is 0 Å². The standard InChI is InChI=1S/C14H17N3/c1-17(2)14-8-7-10(15)9-12(14)11-5-3-4-6-13(11)16/h3-9H,15-16H2,1-2H3. The molecule has 0 bridgehead atoms. The number of hydrogen-bond donors (Lipinski definition) is 2. The average molecular weight is 227 g/mol. The second-order valence-corrected chi connectivity index (χ2v) is 4.26. The van der Waals surface area contributed by atoms with Crippen LogP contribution in [0.25, 0.3) is 11.1 Å². The molecule has 2 aromatic carbocycles. The van der Waals surface area contributed by atoms with E-state index in [4.69, 9.17) is 11.5 Å². The first kappa shape index (κ1) is 11.3. The predicted molar refractivity (Wildman–Crippen MR) is 75.0 cm³/mol. The molecule has 2 rings (SSSR count). The fraction of sp³-hybridized carbons (Fsp3) is 0.143. The second-order valence-electron chi connectivity index (χ2n) is 4.26. The van der Waals surface area contributed by atoms with Gasteiger partial charge >= 0.3 is 0 Å². The molecule has 2 aromatic rings. The van der Waals surface area contributed by atoms with Gasteiger partial charge in [-0.3, -0.25) is 0 Å². The largest absolute Gasteiger partial charge is 0.399 e. The molecule has 0 fully saturated rings. The molecule has 0 aliphatic rings. The number of anilines is 3. The van der Waals surface area contributed by atoms with Crippen molar-refractivity contribution >= 4 is 17.1 Å². The van der Waals surface area contributed by atoms with Gasteiger partial charge in [-0.05, 0) is 24.3 Å². The summed E-state index contributed by atoms with van der Waals surface area (Å²) in [6, 6.07) is 13.7. The van der Waals surface area contributed by atoms with Gasteiger partial charge in [0.15, 0.2) is 0 Å². The van der Waals surface area contributed by atoms with Gasteiger partial charge in [0, 0.05) is 42.3 Å². The Hall–Kier alpha value is -2.16. The van der Waals surface area contributed by atoms with Crippen LogP contribution in [0.3, 0.4) is 0 Å². The number of para-hydroxylation sites is 1. The highest BCUT2D eigenvalue weighted by Gasteiger charge is 2.09. The van der Waals surface area contributed by atoms with Crippen LogP contribution in [-0.2, 0) is 0 Å². The highest BCUT2D eigenvalue weighted by Crippen LogP contribution is 2.34. The summed E-state index contributed by atoms with van der Waals surface area (Å²) in [7, 11) is 4.02. The number of nitrogen functional groups attached to an aromatic ring is 2. The van der Waals surface area contributed by atoms with Crippen LogP contribution in [-0.4, -0.2) is 14.1 Å². The van der Waals surface area contributed by atoms with Crippen molar-refractivity contribution in [2.24, 2.45) is 0 Å². The quantitative estimate of drug-likeness (QED) is 0.775. The molecular formula is C14H17N3. The summed E-state index contributed by atoms with van der Waals surface area (Å²) in [5.74, 6) is 0. The van der Waals surface area contributed by atoms with Crippen molar-refractivity contribution in [3.05, 3.63) is 42.5 Å². The first-order valence-electron chi connectivity index (χ1n) is 5.51. The van der Waals surface area contributed by atoms with Crippen LogP contribution in [0, 0.1) is 0 Å². The van der Waals surface area contributed by atoms with Gasteiger partial charge in [0.1, 0.15) is 0 Å². The van der Waals surface area contributed by atoms with Gasteiger partial charge in [-0.1, -0.05) is 18.2 Å². The van der Waals surface area contributed by atoms with Gasteiger partial charge in [-0.2, -0.15) is 0 Å². The van der Waals surface area contributed by atoms with E-state index in [-0.39, 0.29) is 0 Å². The molecule has 0 unspecified atom stereocenters. The predicted octanol–water partition coefficient (Wildman–Crippen LogP) is 2.58. The molecule has 4 N–H and O–H groups in total. The van der Waals surface area contributed by atoms with Crippen LogP contribution in [0.1, 0.15) is 0 Å². The van der Waals surface area contributed by atoms with Crippen molar-refractivity contribution in [2.45, 2.75) is 0 Å². The molecule has 0 radical (unpaired) electrons. The van der Waals surface area contributed by atoms with Crippen LogP contribution in [0.2, 0.25) is 0 Å². The molecule has 0 aliphatic carbocycles. The molecule has 0 saturated carbocycles. The normalized spacial score (nSPS) is 10.2. The van der Waals surface area contributed by atoms with E-state index < -0.39 is 0 Å². The third kappa shape index (κ3) is 2.18. The van der Waals surface area contributed by atoms with Crippen molar-refractivity contribution < 1.29 is 0 Å². The van der Waals surface area contributed by atoms with Gasteiger partial charge < -0.3 is 16.4 Å². The molecule has 17 heavy (non-hydrogen) atoms. The van der Waals surface area contributed by atoms with Crippen LogP contribution in [0.5, 0.6) is 0 Å².